The number of nitrogens with one attached hydrogen (secondary N) is 1. The lowest BCUT2D eigenvalue weighted by Gasteiger charge is -2.20. The summed E-state index contributed by atoms with van der Waals surface area (Å²) in [4.78, 5) is 0. The van der Waals surface area contributed by atoms with Gasteiger partial charge in [0, 0.05) is 26.1 Å². The molecule has 4 nitrogen and oxygen atoms in total. The second kappa shape index (κ2) is 4.82. The Bertz CT molecular complexity index is 331. The highest BCUT2D eigenvalue weighted by molar-refractivity contribution is 5.25. The number of hydrogen-bond acceptors (Lipinski definition) is 4. The van der Waals surface area contributed by atoms with Gasteiger partial charge in [-0.25, -0.2) is 0 Å². The minimum Gasteiger partial charge on any atom is -0.508 e. The highest BCUT2D eigenvalue weighted by Crippen LogP contribution is 2.17. The van der Waals surface area contributed by atoms with E-state index in [2.05, 4.69) is 5.32 Å². The monoisotopic (exact) mass is 223 g/mol. The Morgan fingerprint density at radius 1 is 1.31 bits per heavy atom. The van der Waals surface area contributed by atoms with Gasteiger partial charge in [0.25, 0.3) is 0 Å². The van der Waals surface area contributed by atoms with Gasteiger partial charge in [0.1, 0.15) is 11.4 Å². The molecule has 16 heavy (non-hydrogen) atoms. The number of aromatic hydroxyl groups is 1. The number of ether oxygens (including phenoxy) is 1. The van der Waals surface area contributed by atoms with Crippen molar-refractivity contribution >= 4 is 0 Å². The van der Waals surface area contributed by atoms with Crippen LogP contribution in [-0.2, 0) is 11.3 Å². The standard InChI is InChI=1S/C12H17NO3/c14-11-3-1-10(2-4-11)7-13-8-12(15)5-6-16-9-12/h1-4,13-15H,5-9H2. The summed E-state index contributed by atoms with van der Waals surface area (Å²) in [5, 5.41) is 22.3. The molecule has 0 amide bonds. The van der Waals surface area contributed by atoms with Crippen LogP contribution in [0.5, 0.6) is 5.75 Å². The third-order valence-electron chi connectivity index (χ3n) is 2.80. The van der Waals surface area contributed by atoms with Crippen molar-refractivity contribution in [3.8, 4) is 5.75 Å². The van der Waals surface area contributed by atoms with Gasteiger partial charge >= 0.3 is 0 Å². The topological polar surface area (TPSA) is 61.7 Å². The first kappa shape index (κ1) is 11.4. The van der Waals surface area contributed by atoms with Crippen LogP contribution in [0.15, 0.2) is 24.3 Å². The third-order valence-corrected chi connectivity index (χ3v) is 2.80. The molecule has 1 atom stereocenters. The highest BCUT2D eigenvalue weighted by atomic mass is 16.5. The van der Waals surface area contributed by atoms with Gasteiger partial charge in [-0.15, -0.1) is 0 Å². The molecule has 0 saturated carbocycles. The minimum atomic E-state index is -0.711. The highest BCUT2D eigenvalue weighted by Gasteiger charge is 2.31. The number of hydrogen-bond donors (Lipinski definition) is 3. The molecule has 1 aliphatic rings. The smallest absolute Gasteiger partial charge is 0.115 e. The first-order valence-corrected chi connectivity index (χ1v) is 5.47. The van der Waals surface area contributed by atoms with Gasteiger partial charge in [0.2, 0.25) is 0 Å². The Morgan fingerprint density at radius 3 is 2.69 bits per heavy atom. The molecule has 1 aromatic rings. The second-order valence-electron chi connectivity index (χ2n) is 4.30. The van der Waals surface area contributed by atoms with Crippen molar-refractivity contribution in [2.24, 2.45) is 0 Å². The molecule has 1 aliphatic heterocycles. The molecule has 1 aromatic carbocycles. The number of aliphatic hydroxyl groups is 1. The van der Waals surface area contributed by atoms with E-state index in [4.69, 9.17) is 9.84 Å². The van der Waals surface area contributed by atoms with Crippen LogP contribution in [0.2, 0.25) is 0 Å². The van der Waals surface area contributed by atoms with Crippen LogP contribution < -0.4 is 5.32 Å². The minimum absolute atomic E-state index is 0.270. The van der Waals surface area contributed by atoms with Crippen LogP contribution in [0.25, 0.3) is 0 Å². The van der Waals surface area contributed by atoms with E-state index in [0.29, 0.717) is 32.7 Å². The maximum Gasteiger partial charge on any atom is 0.115 e. The van der Waals surface area contributed by atoms with Crippen molar-refractivity contribution in [1.29, 1.82) is 0 Å². The molecule has 1 heterocycles. The molecule has 1 unspecified atom stereocenters. The van der Waals surface area contributed by atoms with Crippen LogP contribution in [0, 0.1) is 0 Å². The molecule has 1 saturated heterocycles. The van der Waals surface area contributed by atoms with E-state index in [-0.39, 0.29) is 5.75 Å². The Balaban J connectivity index is 1.77. The van der Waals surface area contributed by atoms with Crippen LogP contribution >= 0.6 is 0 Å². The SMILES string of the molecule is Oc1ccc(CNCC2(O)CCOC2)cc1. The van der Waals surface area contributed by atoms with Gasteiger partial charge in [-0.2, -0.15) is 0 Å². The fraction of sp³-hybridized carbons (Fsp3) is 0.500. The largest absolute Gasteiger partial charge is 0.508 e. The number of benzene rings is 1. The van der Waals surface area contributed by atoms with E-state index >= 15 is 0 Å². The van der Waals surface area contributed by atoms with Gasteiger partial charge in [0.15, 0.2) is 0 Å². The summed E-state index contributed by atoms with van der Waals surface area (Å²) in [6.07, 6.45) is 0.690. The zero-order chi connectivity index (χ0) is 11.4. The average molecular weight is 223 g/mol. The molecule has 2 rings (SSSR count). The summed E-state index contributed by atoms with van der Waals surface area (Å²) >= 11 is 0. The first-order valence-electron chi connectivity index (χ1n) is 5.47. The summed E-state index contributed by atoms with van der Waals surface area (Å²) in [6, 6.07) is 7.03. The van der Waals surface area contributed by atoms with Crippen molar-refractivity contribution < 1.29 is 14.9 Å². The average Bonchev–Trinajstić information content (AvgIpc) is 2.69. The molecule has 1 fully saturated rings. The van der Waals surface area contributed by atoms with Crippen LogP contribution in [0.4, 0.5) is 0 Å². The quantitative estimate of drug-likeness (QED) is 0.700. The molecule has 0 aliphatic carbocycles. The van der Waals surface area contributed by atoms with Crippen molar-refractivity contribution in [2.75, 3.05) is 19.8 Å². The van der Waals surface area contributed by atoms with E-state index in [9.17, 15) is 5.11 Å². The zero-order valence-corrected chi connectivity index (χ0v) is 9.15. The predicted molar refractivity (Wildman–Crippen MR) is 60.2 cm³/mol. The lowest BCUT2D eigenvalue weighted by Crippen LogP contribution is -2.40. The van der Waals surface area contributed by atoms with E-state index in [1.807, 2.05) is 12.1 Å². The Labute approximate surface area is 94.9 Å². The molecule has 0 aromatic heterocycles. The summed E-state index contributed by atoms with van der Waals surface area (Å²) < 4.78 is 5.16. The van der Waals surface area contributed by atoms with Crippen LogP contribution in [0.3, 0.4) is 0 Å². The van der Waals surface area contributed by atoms with Crippen molar-refractivity contribution in [1.82, 2.24) is 5.32 Å². The predicted octanol–water partition coefficient (Wildman–Crippen LogP) is 0.633. The summed E-state index contributed by atoms with van der Waals surface area (Å²) in [5.41, 5.74) is 0.372. The maximum absolute atomic E-state index is 9.99. The number of phenols is 1. The number of rotatable bonds is 4. The lowest BCUT2D eigenvalue weighted by molar-refractivity contribution is 0.0268. The lowest BCUT2D eigenvalue weighted by atomic mass is 10.0. The molecule has 4 heteroatoms. The molecule has 88 valence electrons. The molecule has 0 spiro atoms. The first-order chi connectivity index (χ1) is 7.68. The van der Waals surface area contributed by atoms with Gasteiger partial charge in [-0.3, -0.25) is 0 Å². The fourth-order valence-electron chi connectivity index (χ4n) is 1.79. The van der Waals surface area contributed by atoms with E-state index in [1.54, 1.807) is 12.1 Å². The third kappa shape index (κ3) is 2.95. The van der Waals surface area contributed by atoms with E-state index in [1.165, 1.54) is 0 Å². The zero-order valence-electron chi connectivity index (χ0n) is 9.15. The normalized spacial score (nSPS) is 24.8. The Morgan fingerprint density at radius 2 is 2.06 bits per heavy atom. The van der Waals surface area contributed by atoms with Crippen molar-refractivity contribution in [2.45, 2.75) is 18.6 Å². The summed E-state index contributed by atoms with van der Waals surface area (Å²) in [6.45, 7) is 2.27. The van der Waals surface area contributed by atoms with Gasteiger partial charge in [-0.1, -0.05) is 12.1 Å². The Hall–Kier alpha value is -1.10. The molecular weight excluding hydrogens is 206 g/mol. The number of phenolic OH excluding ortho intramolecular Hbond substituents is 1. The van der Waals surface area contributed by atoms with Gasteiger partial charge in [-0.05, 0) is 17.7 Å². The molecule has 3 N–H and O–H groups in total. The molecular formula is C12H17NO3. The molecule has 0 bridgehead atoms. The van der Waals surface area contributed by atoms with Crippen molar-refractivity contribution in [3.63, 3.8) is 0 Å². The van der Waals surface area contributed by atoms with Crippen LogP contribution in [-0.4, -0.2) is 35.6 Å². The van der Waals surface area contributed by atoms with E-state index in [0.717, 1.165) is 5.56 Å². The Kier molecular flexibility index (Phi) is 3.43. The van der Waals surface area contributed by atoms with Crippen LogP contribution in [0.1, 0.15) is 12.0 Å². The van der Waals surface area contributed by atoms with Crippen molar-refractivity contribution in [3.05, 3.63) is 29.8 Å². The maximum atomic E-state index is 9.99. The van der Waals surface area contributed by atoms with Gasteiger partial charge < -0.3 is 20.3 Å². The summed E-state index contributed by atoms with van der Waals surface area (Å²) in [7, 11) is 0. The molecule has 0 radical (unpaired) electrons. The van der Waals surface area contributed by atoms with E-state index < -0.39 is 5.60 Å². The van der Waals surface area contributed by atoms with Gasteiger partial charge in [0.05, 0.1) is 6.61 Å². The summed E-state index contributed by atoms with van der Waals surface area (Å²) in [5.74, 6) is 0.270. The fourth-order valence-corrected chi connectivity index (χ4v) is 1.79. The second-order valence-corrected chi connectivity index (χ2v) is 4.30.